The van der Waals surface area contributed by atoms with Crippen molar-refractivity contribution >= 4 is 16.5 Å². The summed E-state index contributed by atoms with van der Waals surface area (Å²) in [5, 5.41) is 6.28. The molecule has 2 rings (SSSR count). The van der Waals surface area contributed by atoms with E-state index in [0.29, 0.717) is 0 Å². The largest absolute Gasteiger partial charge is 0.365 e. The third-order valence-corrected chi connectivity index (χ3v) is 4.64. The topological polar surface area (TPSA) is 31.4 Å². The Morgan fingerprint density at radius 2 is 2.28 bits per heavy atom. The Morgan fingerprint density at radius 3 is 2.89 bits per heavy atom. The van der Waals surface area contributed by atoms with Gasteiger partial charge in [-0.2, -0.15) is 0 Å². The second-order valence-corrected chi connectivity index (χ2v) is 5.65. The van der Waals surface area contributed by atoms with Gasteiger partial charge in [0.15, 0.2) is 5.13 Å². The van der Waals surface area contributed by atoms with Crippen LogP contribution < -0.4 is 5.32 Å². The Kier molecular flexibility index (Phi) is 4.97. The summed E-state index contributed by atoms with van der Waals surface area (Å²) in [6.07, 6.45) is 1.30. The lowest BCUT2D eigenvalue weighted by Crippen LogP contribution is -2.37. The molecule has 1 aromatic heterocycles. The Morgan fingerprint density at radius 1 is 1.50 bits per heavy atom. The van der Waals surface area contributed by atoms with Crippen LogP contribution in [0.4, 0.5) is 5.13 Å². The van der Waals surface area contributed by atoms with Crippen LogP contribution in [0.1, 0.15) is 26.0 Å². The number of aromatic nitrogens is 1. The number of anilines is 1. The summed E-state index contributed by atoms with van der Waals surface area (Å²) < 4.78 is 0. The maximum Gasteiger partial charge on any atom is 0.182 e. The van der Waals surface area contributed by atoms with Crippen LogP contribution in [0.5, 0.6) is 0 Å². The van der Waals surface area contributed by atoms with E-state index < -0.39 is 0 Å². The van der Waals surface area contributed by atoms with E-state index in [1.807, 2.05) is 7.05 Å². The van der Waals surface area contributed by atoms with E-state index in [2.05, 4.69) is 39.3 Å². The highest BCUT2D eigenvalue weighted by Gasteiger charge is 2.26. The molecule has 0 unspecified atom stereocenters. The van der Waals surface area contributed by atoms with E-state index in [-0.39, 0.29) is 0 Å². The number of hydrogen-bond acceptors (Lipinski definition) is 5. The van der Waals surface area contributed by atoms with Crippen LogP contribution in [-0.4, -0.2) is 54.1 Å². The van der Waals surface area contributed by atoms with Gasteiger partial charge in [-0.3, -0.25) is 9.80 Å². The number of likely N-dealkylation sites (tertiary alicyclic amines) is 1. The third-order valence-electron chi connectivity index (χ3n) is 3.73. The van der Waals surface area contributed by atoms with Crippen LogP contribution in [-0.2, 0) is 6.54 Å². The van der Waals surface area contributed by atoms with E-state index in [1.54, 1.807) is 11.3 Å². The van der Waals surface area contributed by atoms with Crippen molar-refractivity contribution in [1.29, 1.82) is 0 Å². The lowest BCUT2D eigenvalue weighted by molar-refractivity contribution is 0.208. The van der Waals surface area contributed by atoms with Crippen molar-refractivity contribution in [3.05, 3.63) is 11.1 Å². The van der Waals surface area contributed by atoms with Crippen molar-refractivity contribution in [2.45, 2.75) is 32.9 Å². The molecule has 1 aliphatic heterocycles. The first-order chi connectivity index (χ1) is 8.76. The Hall–Kier alpha value is -0.650. The summed E-state index contributed by atoms with van der Waals surface area (Å²) in [7, 11) is 1.93. The fourth-order valence-electron chi connectivity index (χ4n) is 2.72. The van der Waals surface area contributed by atoms with Crippen LogP contribution in [0.15, 0.2) is 5.38 Å². The zero-order chi connectivity index (χ0) is 13.0. The number of thiazole rings is 1. The molecular formula is C13H24N4S. The van der Waals surface area contributed by atoms with Gasteiger partial charge in [0.1, 0.15) is 0 Å². The normalized spacial score (nSPS) is 20.8. The molecule has 1 aromatic rings. The van der Waals surface area contributed by atoms with Crippen molar-refractivity contribution < 1.29 is 0 Å². The minimum Gasteiger partial charge on any atom is -0.365 e. The lowest BCUT2D eigenvalue weighted by Gasteiger charge is -2.26. The maximum atomic E-state index is 4.55. The SMILES string of the molecule is CCN(CC)[C@H]1CCN(Cc2csc(NC)n2)C1. The standard InChI is InChI=1S/C13H24N4S/c1-4-17(5-2)12-6-7-16(9-12)8-11-10-18-13(14-3)15-11/h10,12H,4-9H2,1-3H3,(H,14,15)/t12-/m0/s1. The van der Waals surface area contributed by atoms with E-state index in [9.17, 15) is 0 Å². The van der Waals surface area contributed by atoms with Crippen molar-refractivity contribution in [3.8, 4) is 0 Å². The Labute approximate surface area is 114 Å². The molecule has 4 nitrogen and oxygen atoms in total. The Balaban J connectivity index is 1.85. The molecule has 1 aliphatic rings. The quantitative estimate of drug-likeness (QED) is 0.856. The van der Waals surface area contributed by atoms with Crippen LogP contribution in [0, 0.1) is 0 Å². The molecule has 1 fully saturated rings. The molecule has 0 aliphatic carbocycles. The fraction of sp³-hybridized carbons (Fsp3) is 0.769. The summed E-state index contributed by atoms with van der Waals surface area (Å²) in [5.41, 5.74) is 1.20. The first-order valence-corrected chi connectivity index (χ1v) is 7.73. The molecule has 18 heavy (non-hydrogen) atoms. The van der Waals surface area contributed by atoms with E-state index in [0.717, 1.165) is 30.8 Å². The zero-order valence-electron chi connectivity index (χ0n) is 11.6. The highest BCUT2D eigenvalue weighted by Crippen LogP contribution is 2.20. The van der Waals surface area contributed by atoms with Crippen LogP contribution >= 0.6 is 11.3 Å². The predicted octanol–water partition coefficient (Wildman–Crippen LogP) is 2.10. The van der Waals surface area contributed by atoms with Crippen molar-refractivity contribution in [1.82, 2.24) is 14.8 Å². The first-order valence-electron chi connectivity index (χ1n) is 6.85. The van der Waals surface area contributed by atoms with Gasteiger partial charge in [-0.1, -0.05) is 13.8 Å². The summed E-state index contributed by atoms with van der Waals surface area (Å²) >= 11 is 1.69. The second-order valence-electron chi connectivity index (χ2n) is 4.79. The van der Waals surface area contributed by atoms with Crippen LogP contribution in [0.3, 0.4) is 0 Å². The average molecular weight is 268 g/mol. The van der Waals surface area contributed by atoms with Gasteiger partial charge in [-0.15, -0.1) is 11.3 Å². The minimum atomic E-state index is 0.738. The maximum absolute atomic E-state index is 4.55. The van der Waals surface area contributed by atoms with Gasteiger partial charge in [0.2, 0.25) is 0 Å². The van der Waals surface area contributed by atoms with E-state index in [4.69, 9.17) is 0 Å². The van der Waals surface area contributed by atoms with Gasteiger partial charge in [0.25, 0.3) is 0 Å². The summed E-state index contributed by atoms with van der Waals surface area (Å²) in [5.74, 6) is 0. The van der Waals surface area contributed by atoms with E-state index >= 15 is 0 Å². The summed E-state index contributed by atoms with van der Waals surface area (Å²) in [4.78, 5) is 9.65. The van der Waals surface area contributed by atoms with Gasteiger partial charge < -0.3 is 5.32 Å². The molecule has 0 bridgehead atoms. The first kappa shape index (κ1) is 13.8. The van der Waals surface area contributed by atoms with E-state index in [1.165, 1.54) is 25.2 Å². The monoisotopic (exact) mass is 268 g/mol. The van der Waals surface area contributed by atoms with Gasteiger partial charge >= 0.3 is 0 Å². The van der Waals surface area contributed by atoms with Gasteiger partial charge in [-0.05, 0) is 19.5 Å². The average Bonchev–Trinajstić information content (AvgIpc) is 3.01. The number of nitrogens with zero attached hydrogens (tertiary/aromatic N) is 3. The van der Waals surface area contributed by atoms with Gasteiger partial charge in [-0.25, -0.2) is 4.98 Å². The molecule has 1 saturated heterocycles. The summed E-state index contributed by atoms with van der Waals surface area (Å²) in [6.45, 7) is 10.2. The summed E-state index contributed by atoms with van der Waals surface area (Å²) in [6, 6.07) is 0.738. The van der Waals surface area contributed by atoms with Gasteiger partial charge in [0, 0.05) is 38.1 Å². The molecule has 2 heterocycles. The van der Waals surface area contributed by atoms with Gasteiger partial charge in [0.05, 0.1) is 5.69 Å². The zero-order valence-corrected chi connectivity index (χ0v) is 12.5. The molecule has 0 amide bonds. The van der Waals surface area contributed by atoms with Crippen molar-refractivity contribution in [2.24, 2.45) is 0 Å². The van der Waals surface area contributed by atoms with Crippen molar-refractivity contribution in [2.75, 3.05) is 38.5 Å². The molecule has 0 radical (unpaired) electrons. The third kappa shape index (κ3) is 3.22. The highest BCUT2D eigenvalue weighted by atomic mass is 32.1. The number of hydrogen-bond donors (Lipinski definition) is 1. The molecule has 0 aromatic carbocycles. The molecule has 0 saturated carbocycles. The number of rotatable bonds is 6. The highest BCUT2D eigenvalue weighted by molar-refractivity contribution is 7.13. The predicted molar refractivity (Wildman–Crippen MR) is 78.3 cm³/mol. The number of likely N-dealkylation sites (N-methyl/N-ethyl adjacent to an activating group) is 1. The van der Waals surface area contributed by atoms with Crippen LogP contribution in [0.2, 0.25) is 0 Å². The molecule has 1 N–H and O–H groups in total. The Bertz CT molecular complexity index is 362. The molecule has 0 spiro atoms. The lowest BCUT2D eigenvalue weighted by atomic mass is 10.2. The van der Waals surface area contributed by atoms with Crippen molar-refractivity contribution in [3.63, 3.8) is 0 Å². The molecule has 5 heteroatoms. The molecule has 102 valence electrons. The smallest absolute Gasteiger partial charge is 0.182 e. The second kappa shape index (κ2) is 6.50. The molecular weight excluding hydrogens is 244 g/mol. The molecule has 1 atom stereocenters. The fourth-order valence-corrected chi connectivity index (χ4v) is 3.38. The minimum absolute atomic E-state index is 0.738. The number of nitrogens with one attached hydrogen (secondary N) is 1. The van der Waals surface area contributed by atoms with Crippen LogP contribution in [0.25, 0.3) is 0 Å².